The molecule has 1 aromatic heterocycles. The van der Waals surface area contributed by atoms with E-state index >= 15 is 0 Å². The summed E-state index contributed by atoms with van der Waals surface area (Å²) in [7, 11) is 0. The van der Waals surface area contributed by atoms with Crippen LogP contribution in [-0.4, -0.2) is 0 Å². The topological polar surface area (TPSA) is 16.4 Å². The van der Waals surface area contributed by atoms with Crippen LogP contribution < -0.4 is 4.90 Å². The third-order valence-electron chi connectivity index (χ3n) is 11.4. The van der Waals surface area contributed by atoms with Crippen molar-refractivity contribution in [2.24, 2.45) is 0 Å². The standard InChI is InChI=1S/C48H37NO/c1-47(2)38-21-13-11-19-34(38)35-26-24-33(28-40(35)47)49(32-17-9-6-10-18-32)46-44-36-20-12-14-22-39(36)48(3,4)41(44)29-43-45(46)37-25-23-31(27-42(37)50-43)30-15-7-5-8-16-30/h5-29H,1-4H3. The van der Waals surface area contributed by atoms with E-state index < -0.39 is 0 Å². The van der Waals surface area contributed by atoms with Crippen LogP contribution in [0.4, 0.5) is 17.1 Å². The van der Waals surface area contributed by atoms with Crippen molar-refractivity contribution in [1.82, 2.24) is 0 Å². The third kappa shape index (κ3) is 3.96. The van der Waals surface area contributed by atoms with Gasteiger partial charge in [-0.2, -0.15) is 0 Å². The predicted octanol–water partition coefficient (Wildman–Crippen LogP) is 13.3. The van der Waals surface area contributed by atoms with Crippen molar-refractivity contribution in [2.45, 2.75) is 38.5 Å². The highest BCUT2D eigenvalue weighted by atomic mass is 16.3. The van der Waals surface area contributed by atoms with Crippen molar-refractivity contribution in [3.63, 3.8) is 0 Å². The average Bonchev–Trinajstić information content (AvgIpc) is 3.71. The van der Waals surface area contributed by atoms with E-state index in [-0.39, 0.29) is 10.8 Å². The van der Waals surface area contributed by atoms with Crippen LogP contribution in [0, 0.1) is 0 Å². The molecule has 50 heavy (non-hydrogen) atoms. The van der Waals surface area contributed by atoms with E-state index in [1.54, 1.807) is 0 Å². The third-order valence-corrected chi connectivity index (χ3v) is 11.4. The SMILES string of the molecule is CC1(C)c2ccccc2-c2ccc(N(c3ccccc3)c3c4c(cc5oc6cc(-c7ccccc7)ccc6c35)C(C)(C)c3ccccc3-4)cc21. The number of hydrogen-bond donors (Lipinski definition) is 0. The van der Waals surface area contributed by atoms with Crippen LogP contribution in [0.5, 0.6) is 0 Å². The first-order valence-electron chi connectivity index (χ1n) is 17.6. The Labute approximate surface area is 293 Å². The van der Waals surface area contributed by atoms with Gasteiger partial charge in [0.15, 0.2) is 0 Å². The maximum Gasteiger partial charge on any atom is 0.137 e. The number of furan rings is 1. The van der Waals surface area contributed by atoms with Crippen molar-refractivity contribution >= 4 is 39.0 Å². The molecule has 0 N–H and O–H groups in total. The van der Waals surface area contributed by atoms with Crippen LogP contribution in [0.3, 0.4) is 0 Å². The molecule has 2 nitrogen and oxygen atoms in total. The van der Waals surface area contributed by atoms with Gasteiger partial charge in [0.05, 0.1) is 11.1 Å². The van der Waals surface area contributed by atoms with Gasteiger partial charge in [-0.05, 0) is 92.5 Å². The summed E-state index contributed by atoms with van der Waals surface area (Å²) in [4.78, 5) is 2.50. The molecule has 1 heterocycles. The molecule has 10 rings (SSSR count). The van der Waals surface area contributed by atoms with Crippen molar-refractivity contribution in [2.75, 3.05) is 4.90 Å². The Bertz CT molecular complexity index is 2640. The Morgan fingerprint density at radius 3 is 1.82 bits per heavy atom. The molecule has 0 aliphatic heterocycles. The summed E-state index contributed by atoms with van der Waals surface area (Å²) in [5.41, 5.74) is 17.8. The molecule has 0 atom stereocenters. The second-order valence-corrected chi connectivity index (χ2v) is 14.9. The van der Waals surface area contributed by atoms with Gasteiger partial charge in [-0.25, -0.2) is 0 Å². The van der Waals surface area contributed by atoms with Crippen LogP contribution in [0.15, 0.2) is 156 Å². The van der Waals surface area contributed by atoms with Gasteiger partial charge >= 0.3 is 0 Å². The van der Waals surface area contributed by atoms with E-state index in [0.717, 1.165) is 38.9 Å². The second-order valence-electron chi connectivity index (χ2n) is 14.9. The highest BCUT2D eigenvalue weighted by molar-refractivity contribution is 6.19. The number of rotatable bonds is 4. The number of benzene rings is 7. The molecule has 2 aliphatic carbocycles. The number of fused-ring (bicyclic) bond motifs is 9. The maximum absolute atomic E-state index is 6.92. The van der Waals surface area contributed by atoms with Gasteiger partial charge in [0.1, 0.15) is 11.2 Å². The molecule has 0 fully saturated rings. The van der Waals surface area contributed by atoms with Crippen molar-refractivity contribution in [1.29, 1.82) is 0 Å². The summed E-state index contributed by atoms with van der Waals surface area (Å²) in [6.07, 6.45) is 0. The molecule has 0 saturated carbocycles. The fourth-order valence-electron chi connectivity index (χ4n) is 8.92. The fourth-order valence-corrected chi connectivity index (χ4v) is 8.92. The predicted molar refractivity (Wildman–Crippen MR) is 209 cm³/mol. The van der Waals surface area contributed by atoms with Crippen molar-refractivity contribution < 1.29 is 4.42 Å². The van der Waals surface area contributed by atoms with E-state index in [4.69, 9.17) is 4.42 Å². The van der Waals surface area contributed by atoms with E-state index in [1.807, 2.05) is 0 Å². The molecule has 0 unspecified atom stereocenters. The first kappa shape index (κ1) is 29.1. The molecule has 0 saturated heterocycles. The lowest BCUT2D eigenvalue weighted by atomic mass is 9.82. The largest absolute Gasteiger partial charge is 0.456 e. The fraction of sp³-hybridized carbons (Fsp3) is 0.125. The van der Waals surface area contributed by atoms with Crippen molar-refractivity contribution in [3.05, 3.63) is 174 Å². The molecule has 2 heteroatoms. The van der Waals surface area contributed by atoms with E-state index in [9.17, 15) is 0 Å². The molecule has 0 spiro atoms. The quantitative estimate of drug-likeness (QED) is 0.190. The van der Waals surface area contributed by atoms with Crippen LogP contribution in [0.2, 0.25) is 0 Å². The highest BCUT2D eigenvalue weighted by Gasteiger charge is 2.41. The Hall–Kier alpha value is -5.86. The highest BCUT2D eigenvalue weighted by Crippen LogP contribution is 2.59. The Kier molecular flexibility index (Phi) is 6.01. The maximum atomic E-state index is 6.92. The van der Waals surface area contributed by atoms with Crippen LogP contribution in [0.1, 0.15) is 49.9 Å². The summed E-state index contributed by atoms with van der Waals surface area (Å²) in [6.45, 7) is 9.43. The van der Waals surface area contributed by atoms with Gasteiger partial charge in [-0.3, -0.25) is 0 Å². The summed E-state index contributed by atoms with van der Waals surface area (Å²) in [5, 5.41) is 2.26. The summed E-state index contributed by atoms with van der Waals surface area (Å²) >= 11 is 0. The summed E-state index contributed by atoms with van der Waals surface area (Å²) < 4.78 is 6.92. The minimum atomic E-state index is -0.201. The lowest BCUT2D eigenvalue weighted by Gasteiger charge is -2.31. The number of nitrogens with zero attached hydrogens (tertiary/aromatic N) is 1. The molecular weight excluding hydrogens is 607 g/mol. The van der Waals surface area contributed by atoms with Gasteiger partial charge in [-0.15, -0.1) is 0 Å². The summed E-state index contributed by atoms with van der Waals surface area (Å²) in [5.74, 6) is 0. The number of anilines is 3. The van der Waals surface area contributed by atoms with E-state index in [1.165, 1.54) is 55.8 Å². The van der Waals surface area contributed by atoms with Crippen LogP contribution in [-0.2, 0) is 10.8 Å². The minimum absolute atomic E-state index is 0.122. The van der Waals surface area contributed by atoms with Gasteiger partial charge in [0.25, 0.3) is 0 Å². The van der Waals surface area contributed by atoms with Gasteiger partial charge in [-0.1, -0.05) is 137 Å². The monoisotopic (exact) mass is 643 g/mol. The lowest BCUT2D eigenvalue weighted by molar-refractivity contribution is 0.647. The molecule has 2 aliphatic rings. The zero-order valence-corrected chi connectivity index (χ0v) is 28.8. The number of para-hydroxylation sites is 1. The normalized spacial score (nSPS) is 14.7. The molecule has 0 amide bonds. The molecule has 240 valence electrons. The average molecular weight is 644 g/mol. The van der Waals surface area contributed by atoms with Crippen LogP contribution in [0.25, 0.3) is 55.3 Å². The smallest absolute Gasteiger partial charge is 0.137 e. The molecule has 7 aromatic carbocycles. The van der Waals surface area contributed by atoms with Gasteiger partial charge in [0.2, 0.25) is 0 Å². The molecular formula is C48H37NO. The Morgan fingerprint density at radius 1 is 0.440 bits per heavy atom. The molecule has 8 aromatic rings. The number of hydrogen-bond acceptors (Lipinski definition) is 2. The zero-order chi connectivity index (χ0) is 33.8. The lowest BCUT2D eigenvalue weighted by Crippen LogP contribution is -2.18. The van der Waals surface area contributed by atoms with E-state index in [2.05, 4.69) is 184 Å². The first-order chi connectivity index (χ1) is 24.3. The van der Waals surface area contributed by atoms with Crippen molar-refractivity contribution in [3.8, 4) is 33.4 Å². The minimum Gasteiger partial charge on any atom is -0.456 e. The first-order valence-corrected chi connectivity index (χ1v) is 17.6. The Balaban J connectivity index is 1.32. The van der Waals surface area contributed by atoms with Crippen LogP contribution >= 0.6 is 0 Å². The summed E-state index contributed by atoms with van der Waals surface area (Å²) in [6, 6.07) is 55.4. The van der Waals surface area contributed by atoms with Gasteiger partial charge in [0, 0.05) is 33.2 Å². The van der Waals surface area contributed by atoms with Gasteiger partial charge < -0.3 is 9.32 Å². The molecule has 0 radical (unpaired) electrons. The zero-order valence-electron chi connectivity index (χ0n) is 28.8. The molecule has 0 bridgehead atoms. The second kappa shape index (κ2) is 10.3. The Morgan fingerprint density at radius 2 is 1.06 bits per heavy atom. The van der Waals surface area contributed by atoms with E-state index in [0.29, 0.717) is 0 Å².